The van der Waals surface area contributed by atoms with E-state index in [9.17, 15) is 4.79 Å². The topological polar surface area (TPSA) is 45.9 Å². The molecule has 0 radical (unpaired) electrons. The smallest absolute Gasteiger partial charge is 0.248 e. The lowest BCUT2D eigenvalue weighted by atomic mass is 9.88. The van der Waals surface area contributed by atoms with Gasteiger partial charge in [0.2, 0.25) is 5.91 Å². The number of furan rings is 1. The summed E-state index contributed by atoms with van der Waals surface area (Å²) in [5, 5.41) is 0. The van der Waals surface area contributed by atoms with Crippen LogP contribution in [0.1, 0.15) is 36.7 Å². The molecule has 0 N–H and O–H groups in total. The standard InChI is InChI=1S/C24H34N2O3/c1-18(2)12-26(24(27)17-28-4)14-21-13-25(15-22-6-5-11-29-22)16-23(21)20-9-7-19(3)8-10-20/h5-11,18,21,23H,12-17H2,1-4H3. The van der Waals surface area contributed by atoms with Crippen LogP contribution in [0.5, 0.6) is 0 Å². The molecule has 3 rings (SSSR count). The zero-order valence-corrected chi connectivity index (χ0v) is 18.1. The van der Waals surface area contributed by atoms with Gasteiger partial charge in [-0.2, -0.15) is 0 Å². The average molecular weight is 399 g/mol. The number of carbonyl (C=O) groups excluding carboxylic acids is 1. The van der Waals surface area contributed by atoms with Crippen LogP contribution in [-0.4, -0.2) is 55.6 Å². The van der Waals surface area contributed by atoms with Crippen molar-refractivity contribution in [3.8, 4) is 0 Å². The van der Waals surface area contributed by atoms with Gasteiger partial charge in [0.1, 0.15) is 12.4 Å². The SMILES string of the molecule is COCC(=O)N(CC(C)C)CC1CN(Cc2ccco2)CC1c1ccc(C)cc1. The van der Waals surface area contributed by atoms with Gasteiger partial charge in [-0.3, -0.25) is 9.69 Å². The summed E-state index contributed by atoms with van der Waals surface area (Å²) in [5.74, 6) is 2.27. The fourth-order valence-corrected chi connectivity index (χ4v) is 4.31. The molecule has 0 saturated carbocycles. The van der Waals surface area contributed by atoms with Crippen molar-refractivity contribution in [1.29, 1.82) is 0 Å². The maximum Gasteiger partial charge on any atom is 0.248 e. The Labute approximate surface area is 174 Å². The number of rotatable bonds is 9. The molecule has 1 aliphatic heterocycles. The number of ether oxygens (including phenoxy) is 1. The molecule has 29 heavy (non-hydrogen) atoms. The van der Waals surface area contributed by atoms with Gasteiger partial charge in [0.25, 0.3) is 0 Å². The van der Waals surface area contributed by atoms with Gasteiger partial charge < -0.3 is 14.1 Å². The van der Waals surface area contributed by atoms with E-state index in [-0.39, 0.29) is 12.5 Å². The maximum atomic E-state index is 12.7. The van der Waals surface area contributed by atoms with Crippen LogP contribution in [0, 0.1) is 18.8 Å². The quantitative estimate of drug-likeness (QED) is 0.642. The second-order valence-electron chi connectivity index (χ2n) is 8.68. The van der Waals surface area contributed by atoms with Gasteiger partial charge >= 0.3 is 0 Å². The highest BCUT2D eigenvalue weighted by molar-refractivity contribution is 5.77. The van der Waals surface area contributed by atoms with Gasteiger partial charge in [0.15, 0.2) is 0 Å². The molecule has 0 aliphatic carbocycles. The second kappa shape index (κ2) is 10.1. The molecular formula is C24H34N2O3. The van der Waals surface area contributed by atoms with E-state index >= 15 is 0 Å². The predicted octanol–water partition coefficient (Wildman–Crippen LogP) is 3.93. The van der Waals surface area contributed by atoms with E-state index in [1.807, 2.05) is 17.0 Å². The van der Waals surface area contributed by atoms with E-state index in [0.29, 0.717) is 17.8 Å². The molecule has 5 nitrogen and oxygen atoms in total. The average Bonchev–Trinajstić information content (AvgIpc) is 3.32. The Kier molecular flexibility index (Phi) is 7.51. The summed E-state index contributed by atoms with van der Waals surface area (Å²) >= 11 is 0. The minimum Gasteiger partial charge on any atom is -0.468 e. The normalized spacial score (nSPS) is 19.8. The molecule has 1 saturated heterocycles. The monoisotopic (exact) mass is 398 g/mol. The highest BCUT2D eigenvalue weighted by Gasteiger charge is 2.36. The maximum absolute atomic E-state index is 12.7. The zero-order valence-electron chi connectivity index (χ0n) is 18.1. The molecule has 0 spiro atoms. The number of hydrogen-bond acceptors (Lipinski definition) is 4. The molecule has 1 amide bonds. The molecule has 2 atom stereocenters. The van der Waals surface area contributed by atoms with Gasteiger partial charge in [-0.1, -0.05) is 43.7 Å². The van der Waals surface area contributed by atoms with Crippen molar-refractivity contribution in [2.45, 2.75) is 33.2 Å². The summed E-state index contributed by atoms with van der Waals surface area (Å²) in [5.41, 5.74) is 2.62. The molecular weight excluding hydrogens is 364 g/mol. The number of aryl methyl sites for hydroxylation is 1. The van der Waals surface area contributed by atoms with Gasteiger partial charge in [0.05, 0.1) is 12.8 Å². The Morgan fingerprint density at radius 2 is 2.00 bits per heavy atom. The Balaban J connectivity index is 1.78. The summed E-state index contributed by atoms with van der Waals surface area (Å²) in [6.45, 7) is 10.8. The number of carbonyl (C=O) groups is 1. The van der Waals surface area contributed by atoms with Crippen LogP contribution < -0.4 is 0 Å². The Hall–Kier alpha value is -2.11. The fraction of sp³-hybridized carbons (Fsp3) is 0.542. The van der Waals surface area contributed by atoms with Crippen molar-refractivity contribution in [3.05, 3.63) is 59.5 Å². The molecule has 1 aromatic heterocycles. The number of nitrogens with zero attached hydrogens (tertiary/aromatic N) is 2. The molecule has 5 heteroatoms. The minimum absolute atomic E-state index is 0.0772. The first-order valence-corrected chi connectivity index (χ1v) is 10.5. The molecule has 2 heterocycles. The van der Waals surface area contributed by atoms with Crippen LogP contribution in [0.2, 0.25) is 0 Å². The minimum atomic E-state index is 0.0772. The Morgan fingerprint density at radius 3 is 2.62 bits per heavy atom. The van der Waals surface area contributed by atoms with Crippen molar-refractivity contribution < 1.29 is 13.9 Å². The lowest BCUT2D eigenvalue weighted by molar-refractivity contribution is -0.136. The van der Waals surface area contributed by atoms with Crippen molar-refractivity contribution in [2.24, 2.45) is 11.8 Å². The molecule has 0 bridgehead atoms. The van der Waals surface area contributed by atoms with Gasteiger partial charge in [-0.05, 0) is 36.5 Å². The van der Waals surface area contributed by atoms with Crippen LogP contribution in [-0.2, 0) is 16.1 Å². The first kappa shape index (κ1) is 21.6. The summed E-state index contributed by atoms with van der Waals surface area (Å²) < 4.78 is 10.7. The first-order valence-electron chi connectivity index (χ1n) is 10.5. The summed E-state index contributed by atoms with van der Waals surface area (Å²) in [7, 11) is 1.58. The highest BCUT2D eigenvalue weighted by Crippen LogP contribution is 2.34. The first-order chi connectivity index (χ1) is 14.0. The van der Waals surface area contributed by atoms with Gasteiger partial charge in [-0.15, -0.1) is 0 Å². The zero-order chi connectivity index (χ0) is 20.8. The fourth-order valence-electron chi connectivity index (χ4n) is 4.31. The van der Waals surface area contributed by atoms with E-state index in [2.05, 4.69) is 49.9 Å². The van der Waals surface area contributed by atoms with E-state index in [0.717, 1.165) is 38.5 Å². The summed E-state index contributed by atoms with van der Waals surface area (Å²) in [4.78, 5) is 17.1. The number of methoxy groups -OCH3 is 1. The van der Waals surface area contributed by atoms with E-state index in [1.165, 1.54) is 11.1 Å². The van der Waals surface area contributed by atoms with Crippen LogP contribution in [0.4, 0.5) is 0 Å². The van der Waals surface area contributed by atoms with Gasteiger partial charge in [0, 0.05) is 39.2 Å². The third kappa shape index (κ3) is 5.94. The predicted molar refractivity (Wildman–Crippen MR) is 115 cm³/mol. The number of amides is 1. The largest absolute Gasteiger partial charge is 0.468 e. The number of benzene rings is 1. The van der Waals surface area contributed by atoms with Crippen molar-refractivity contribution in [1.82, 2.24) is 9.80 Å². The summed E-state index contributed by atoms with van der Waals surface area (Å²) in [6, 6.07) is 12.8. The Morgan fingerprint density at radius 1 is 1.24 bits per heavy atom. The molecule has 1 aliphatic rings. The van der Waals surface area contributed by atoms with Crippen molar-refractivity contribution in [3.63, 3.8) is 0 Å². The molecule has 2 unspecified atom stereocenters. The summed E-state index contributed by atoms with van der Waals surface area (Å²) in [6.07, 6.45) is 1.73. The van der Waals surface area contributed by atoms with Crippen LogP contribution in [0.15, 0.2) is 47.1 Å². The van der Waals surface area contributed by atoms with E-state index in [4.69, 9.17) is 9.15 Å². The molecule has 1 fully saturated rings. The third-order valence-electron chi connectivity index (χ3n) is 5.64. The van der Waals surface area contributed by atoms with E-state index < -0.39 is 0 Å². The van der Waals surface area contributed by atoms with Crippen molar-refractivity contribution in [2.75, 3.05) is 39.9 Å². The van der Waals surface area contributed by atoms with Crippen LogP contribution >= 0.6 is 0 Å². The number of likely N-dealkylation sites (tertiary alicyclic amines) is 1. The van der Waals surface area contributed by atoms with Crippen molar-refractivity contribution >= 4 is 5.91 Å². The third-order valence-corrected chi connectivity index (χ3v) is 5.64. The lowest BCUT2D eigenvalue weighted by Crippen LogP contribution is -2.41. The van der Waals surface area contributed by atoms with E-state index in [1.54, 1.807) is 13.4 Å². The molecule has 1 aromatic carbocycles. The highest BCUT2D eigenvalue weighted by atomic mass is 16.5. The second-order valence-corrected chi connectivity index (χ2v) is 8.68. The number of hydrogen-bond donors (Lipinski definition) is 0. The van der Waals surface area contributed by atoms with Crippen LogP contribution in [0.3, 0.4) is 0 Å². The Bertz CT molecular complexity index is 755. The lowest BCUT2D eigenvalue weighted by Gasteiger charge is -2.30. The molecule has 2 aromatic rings. The molecule has 158 valence electrons. The van der Waals surface area contributed by atoms with Gasteiger partial charge in [-0.25, -0.2) is 0 Å². The van der Waals surface area contributed by atoms with Crippen LogP contribution in [0.25, 0.3) is 0 Å².